The molecule has 1 aromatic rings. The topological polar surface area (TPSA) is 76.2 Å². The van der Waals surface area contributed by atoms with Crippen LogP contribution in [0.1, 0.15) is 58.4 Å². The van der Waals surface area contributed by atoms with E-state index >= 15 is 0 Å². The third-order valence-corrected chi connectivity index (χ3v) is 6.53. The summed E-state index contributed by atoms with van der Waals surface area (Å²) >= 11 is 0. The van der Waals surface area contributed by atoms with E-state index in [1.54, 1.807) is 22.0 Å². The van der Waals surface area contributed by atoms with Crippen molar-refractivity contribution in [3.63, 3.8) is 0 Å². The molecule has 2 saturated heterocycles. The van der Waals surface area contributed by atoms with Gasteiger partial charge in [-0.2, -0.15) is 0 Å². The monoisotopic (exact) mass is 457 g/mol. The maximum absolute atomic E-state index is 13.4. The fourth-order valence-corrected chi connectivity index (χ4v) is 4.82. The number of fused-ring (bicyclic) bond motifs is 1. The summed E-state index contributed by atoms with van der Waals surface area (Å²) in [5.41, 5.74) is 1.01. The van der Waals surface area contributed by atoms with Crippen LogP contribution in [-0.2, 0) is 16.1 Å². The van der Waals surface area contributed by atoms with Gasteiger partial charge in [-0.05, 0) is 17.9 Å². The van der Waals surface area contributed by atoms with Gasteiger partial charge in [0.2, 0.25) is 11.8 Å². The van der Waals surface area contributed by atoms with Gasteiger partial charge in [-0.3, -0.25) is 9.59 Å². The third-order valence-electron chi connectivity index (χ3n) is 6.53. The second-order valence-electron chi connectivity index (χ2n) is 9.47. The van der Waals surface area contributed by atoms with Crippen molar-refractivity contribution in [2.45, 2.75) is 71.6 Å². The SMILES string of the molecule is CCCCCCCN1C[C@H]2N(C(=O)CN(C)N2C(=O)NCc2ccccc2)[C@@H](C(C)C)C1=O. The Morgan fingerprint density at radius 2 is 1.79 bits per heavy atom. The number of nitrogens with one attached hydrogen (secondary N) is 1. The van der Waals surface area contributed by atoms with Crippen molar-refractivity contribution in [3.05, 3.63) is 35.9 Å². The third kappa shape index (κ3) is 5.85. The molecule has 0 saturated carbocycles. The average molecular weight is 458 g/mol. The largest absolute Gasteiger partial charge is 0.337 e. The maximum atomic E-state index is 13.4. The minimum absolute atomic E-state index is 0.000659. The lowest BCUT2D eigenvalue weighted by Crippen LogP contribution is -2.76. The minimum atomic E-state index is -0.551. The summed E-state index contributed by atoms with van der Waals surface area (Å²) in [5, 5.41) is 6.29. The van der Waals surface area contributed by atoms with Gasteiger partial charge in [0.1, 0.15) is 12.2 Å². The standard InChI is InChI=1S/C25H39N5O3/c1-5-6-7-8-12-15-28-17-21-29(23(19(2)3)24(28)32)22(31)18-27(4)30(21)25(33)26-16-20-13-10-9-11-14-20/h9-11,13-14,19,21,23H,5-8,12,15-18H2,1-4H3,(H,26,33)/t21-,23-/m0/s1. The van der Waals surface area contributed by atoms with Crippen molar-refractivity contribution in [2.75, 3.05) is 26.7 Å². The van der Waals surface area contributed by atoms with Crippen LogP contribution < -0.4 is 5.32 Å². The smallest absolute Gasteiger partial charge is 0.334 e. The second-order valence-corrected chi connectivity index (χ2v) is 9.47. The van der Waals surface area contributed by atoms with E-state index in [9.17, 15) is 14.4 Å². The molecule has 182 valence electrons. The maximum Gasteiger partial charge on any atom is 0.334 e. The van der Waals surface area contributed by atoms with Gasteiger partial charge in [-0.15, -0.1) is 0 Å². The number of urea groups is 1. The number of carbonyl (C=O) groups excluding carboxylic acids is 3. The van der Waals surface area contributed by atoms with Crippen molar-refractivity contribution in [2.24, 2.45) is 5.92 Å². The van der Waals surface area contributed by atoms with Gasteiger partial charge in [-0.25, -0.2) is 14.8 Å². The van der Waals surface area contributed by atoms with Gasteiger partial charge in [0.05, 0.1) is 13.1 Å². The first-order valence-electron chi connectivity index (χ1n) is 12.3. The Balaban J connectivity index is 1.77. The van der Waals surface area contributed by atoms with Crippen LogP contribution in [0.15, 0.2) is 30.3 Å². The van der Waals surface area contributed by atoms with Crippen molar-refractivity contribution in [1.29, 1.82) is 0 Å². The first-order chi connectivity index (χ1) is 15.8. The quantitative estimate of drug-likeness (QED) is 0.579. The lowest BCUT2D eigenvalue weighted by atomic mass is 9.96. The number of rotatable bonds is 9. The van der Waals surface area contributed by atoms with E-state index < -0.39 is 12.2 Å². The molecule has 2 aliphatic rings. The summed E-state index contributed by atoms with van der Waals surface area (Å²) < 4.78 is 0. The molecule has 2 aliphatic heterocycles. The van der Waals surface area contributed by atoms with Gasteiger partial charge in [0, 0.05) is 20.1 Å². The average Bonchev–Trinajstić information content (AvgIpc) is 2.78. The molecule has 2 fully saturated rings. The zero-order valence-electron chi connectivity index (χ0n) is 20.5. The zero-order chi connectivity index (χ0) is 24.0. The molecule has 8 heteroatoms. The fraction of sp³-hybridized carbons (Fsp3) is 0.640. The second kappa shape index (κ2) is 11.5. The normalized spacial score (nSPS) is 21.5. The van der Waals surface area contributed by atoms with E-state index in [-0.39, 0.29) is 30.3 Å². The Kier molecular flexibility index (Phi) is 8.72. The molecule has 1 N–H and O–H groups in total. The summed E-state index contributed by atoms with van der Waals surface area (Å²) in [5.74, 6) is -0.145. The van der Waals surface area contributed by atoms with Crippen LogP contribution in [0.4, 0.5) is 4.79 Å². The highest BCUT2D eigenvalue weighted by molar-refractivity contribution is 5.91. The van der Waals surface area contributed by atoms with Gasteiger partial charge < -0.3 is 15.1 Å². The number of hydrogen-bond donors (Lipinski definition) is 1. The predicted molar refractivity (Wildman–Crippen MR) is 128 cm³/mol. The molecule has 3 rings (SSSR count). The summed E-state index contributed by atoms with van der Waals surface area (Å²) in [6.07, 6.45) is 5.06. The van der Waals surface area contributed by atoms with Crippen LogP contribution in [0.5, 0.6) is 0 Å². The van der Waals surface area contributed by atoms with E-state index in [1.807, 2.05) is 49.1 Å². The Hall–Kier alpha value is -2.61. The van der Waals surface area contributed by atoms with Crippen LogP contribution in [0.3, 0.4) is 0 Å². The summed E-state index contributed by atoms with van der Waals surface area (Å²) in [4.78, 5) is 43.2. The van der Waals surface area contributed by atoms with Crippen molar-refractivity contribution in [1.82, 2.24) is 25.1 Å². The van der Waals surface area contributed by atoms with Crippen molar-refractivity contribution in [3.8, 4) is 0 Å². The number of nitrogens with zero attached hydrogens (tertiary/aromatic N) is 4. The molecule has 0 bridgehead atoms. The first kappa shape index (κ1) is 25.0. The van der Waals surface area contributed by atoms with Crippen LogP contribution in [0.25, 0.3) is 0 Å². The molecule has 0 radical (unpaired) electrons. The Morgan fingerprint density at radius 1 is 1.09 bits per heavy atom. The molecule has 2 atom stereocenters. The summed E-state index contributed by atoms with van der Waals surface area (Å²) in [7, 11) is 1.76. The number of hydrazine groups is 1. The van der Waals surface area contributed by atoms with Gasteiger partial charge in [0.25, 0.3) is 0 Å². The highest BCUT2D eigenvalue weighted by Gasteiger charge is 2.51. The summed E-state index contributed by atoms with van der Waals surface area (Å²) in [6, 6.07) is 8.93. The van der Waals surface area contributed by atoms with E-state index in [2.05, 4.69) is 12.2 Å². The van der Waals surface area contributed by atoms with Gasteiger partial charge in [0.15, 0.2) is 0 Å². The molecular formula is C25H39N5O3. The Morgan fingerprint density at radius 3 is 2.45 bits per heavy atom. The van der Waals surface area contributed by atoms with Crippen molar-refractivity contribution < 1.29 is 14.4 Å². The van der Waals surface area contributed by atoms with Crippen LogP contribution in [0, 0.1) is 5.92 Å². The molecule has 2 heterocycles. The number of carbonyl (C=O) groups is 3. The first-order valence-corrected chi connectivity index (χ1v) is 12.3. The van der Waals surface area contributed by atoms with E-state index in [0.29, 0.717) is 19.6 Å². The number of likely N-dealkylation sites (N-methyl/N-ethyl adjacent to an activating group) is 1. The van der Waals surface area contributed by atoms with Crippen molar-refractivity contribution >= 4 is 17.8 Å². The molecule has 0 spiro atoms. The highest BCUT2D eigenvalue weighted by Crippen LogP contribution is 2.29. The molecule has 1 aromatic carbocycles. The van der Waals surface area contributed by atoms with Crippen LogP contribution >= 0.6 is 0 Å². The number of amides is 4. The van der Waals surface area contributed by atoms with Crippen LogP contribution in [-0.4, -0.2) is 76.6 Å². The molecular weight excluding hydrogens is 418 g/mol. The van der Waals surface area contributed by atoms with E-state index in [0.717, 1.165) is 24.8 Å². The van der Waals surface area contributed by atoms with E-state index in [1.165, 1.54) is 12.8 Å². The Bertz CT molecular complexity index is 816. The number of unbranched alkanes of at least 4 members (excludes halogenated alkanes) is 4. The molecule has 4 amide bonds. The lowest BCUT2D eigenvalue weighted by Gasteiger charge is -2.55. The van der Waals surface area contributed by atoms with Gasteiger partial charge in [-0.1, -0.05) is 76.8 Å². The molecule has 0 unspecified atom stereocenters. The zero-order valence-corrected chi connectivity index (χ0v) is 20.5. The minimum Gasteiger partial charge on any atom is -0.337 e. The highest BCUT2D eigenvalue weighted by atomic mass is 16.2. The molecule has 8 nitrogen and oxygen atoms in total. The summed E-state index contributed by atoms with van der Waals surface area (Å²) in [6.45, 7) is 7.59. The number of benzene rings is 1. The number of hydrogen-bond acceptors (Lipinski definition) is 4. The predicted octanol–water partition coefficient (Wildman–Crippen LogP) is 3.05. The molecule has 0 aliphatic carbocycles. The number of piperazine rings is 1. The van der Waals surface area contributed by atoms with Crippen LogP contribution in [0.2, 0.25) is 0 Å². The lowest BCUT2D eigenvalue weighted by molar-refractivity contribution is -0.189. The Labute approximate surface area is 197 Å². The molecule has 0 aromatic heterocycles. The molecule has 33 heavy (non-hydrogen) atoms. The van der Waals surface area contributed by atoms with Gasteiger partial charge >= 0.3 is 6.03 Å². The van der Waals surface area contributed by atoms with E-state index in [4.69, 9.17) is 0 Å². The fourth-order valence-electron chi connectivity index (χ4n) is 4.82.